The van der Waals surface area contributed by atoms with E-state index in [0.29, 0.717) is 0 Å². The fourth-order valence-electron chi connectivity index (χ4n) is 1.38. The van der Waals surface area contributed by atoms with Crippen molar-refractivity contribution in [2.45, 2.75) is 33.2 Å². The van der Waals surface area contributed by atoms with E-state index in [1.807, 2.05) is 0 Å². The van der Waals surface area contributed by atoms with Crippen LogP contribution < -0.4 is 11.1 Å². The lowest BCUT2D eigenvalue weighted by Crippen LogP contribution is -2.47. The summed E-state index contributed by atoms with van der Waals surface area (Å²) in [6.45, 7) is 4.10. The molecule has 0 bridgehead atoms. The quantitative estimate of drug-likeness (QED) is 0.558. The minimum Gasteiger partial charge on any atom is -0.466 e. The van der Waals surface area contributed by atoms with Crippen LogP contribution in [0.1, 0.15) is 27.2 Å². The molecule has 0 radical (unpaired) electrons. The molecule has 0 saturated carbocycles. The van der Waals surface area contributed by atoms with Gasteiger partial charge in [-0.2, -0.15) is 0 Å². The molecule has 114 valence electrons. The molecule has 0 heterocycles. The van der Waals surface area contributed by atoms with Crippen molar-refractivity contribution < 1.29 is 28.7 Å². The lowest BCUT2D eigenvalue weighted by molar-refractivity contribution is -0.148. The molecule has 2 amide bonds. The maximum atomic E-state index is 11.4. The van der Waals surface area contributed by atoms with E-state index in [-0.39, 0.29) is 13.0 Å². The number of rotatable bonds is 8. The van der Waals surface area contributed by atoms with Crippen LogP contribution in [-0.2, 0) is 28.7 Å². The smallest absolute Gasteiger partial charge is 0.308 e. The summed E-state index contributed by atoms with van der Waals surface area (Å²) in [5.74, 6) is -3.14. The molecule has 8 nitrogen and oxygen atoms in total. The largest absolute Gasteiger partial charge is 0.466 e. The number of nitrogens with one attached hydrogen (secondary N) is 1. The number of primary amides is 1. The second kappa shape index (κ2) is 8.89. The third kappa shape index (κ3) is 7.34. The van der Waals surface area contributed by atoms with Gasteiger partial charge in [0.2, 0.25) is 5.91 Å². The van der Waals surface area contributed by atoms with Gasteiger partial charge in [-0.1, -0.05) is 6.92 Å². The highest BCUT2D eigenvalue weighted by Crippen LogP contribution is 2.08. The van der Waals surface area contributed by atoms with Gasteiger partial charge in [0.15, 0.2) is 6.61 Å². The molecule has 0 aromatic heterocycles. The van der Waals surface area contributed by atoms with Crippen molar-refractivity contribution >= 4 is 23.8 Å². The van der Waals surface area contributed by atoms with Crippen molar-refractivity contribution in [2.24, 2.45) is 11.7 Å². The number of ether oxygens (including phenoxy) is 2. The monoisotopic (exact) mass is 288 g/mol. The third-order valence-corrected chi connectivity index (χ3v) is 2.36. The van der Waals surface area contributed by atoms with Crippen molar-refractivity contribution in [2.75, 3.05) is 13.2 Å². The first kappa shape index (κ1) is 17.9. The van der Waals surface area contributed by atoms with Crippen LogP contribution in [0.3, 0.4) is 0 Å². The molecule has 8 heteroatoms. The zero-order valence-electron chi connectivity index (χ0n) is 11.8. The Hall–Kier alpha value is -2.12. The van der Waals surface area contributed by atoms with Crippen LogP contribution in [0, 0.1) is 5.92 Å². The van der Waals surface area contributed by atoms with Crippen molar-refractivity contribution in [3.63, 3.8) is 0 Å². The van der Waals surface area contributed by atoms with Crippen molar-refractivity contribution in [1.29, 1.82) is 0 Å². The molecule has 0 spiro atoms. The Kier molecular flexibility index (Phi) is 7.95. The van der Waals surface area contributed by atoms with E-state index in [1.54, 1.807) is 13.8 Å². The van der Waals surface area contributed by atoms with E-state index in [9.17, 15) is 19.2 Å². The van der Waals surface area contributed by atoms with Gasteiger partial charge in [-0.3, -0.25) is 19.2 Å². The van der Waals surface area contributed by atoms with Crippen LogP contribution in [0.25, 0.3) is 0 Å². The van der Waals surface area contributed by atoms with E-state index in [1.165, 1.54) is 0 Å². The Labute approximate surface area is 117 Å². The average molecular weight is 288 g/mol. The summed E-state index contributed by atoms with van der Waals surface area (Å²) < 4.78 is 9.28. The van der Waals surface area contributed by atoms with Gasteiger partial charge >= 0.3 is 11.9 Å². The van der Waals surface area contributed by atoms with E-state index in [2.05, 4.69) is 10.1 Å². The molecule has 0 aliphatic carbocycles. The maximum Gasteiger partial charge on any atom is 0.308 e. The molecule has 0 aromatic carbocycles. The summed E-state index contributed by atoms with van der Waals surface area (Å²) in [4.78, 5) is 44.7. The van der Waals surface area contributed by atoms with Gasteiger partial charge in [0.1, 0.15) is 6.04 Å². The van der Waals surface area contributed by atoms with Crippen molar-refractivity contribution in [3.05, 3.63) is 0 Å². The van der Waals surface area contributed by atoms with E-state index in [0.717, 1.165) is 6.92 Å². The number of esters is 2. The van der Waals surface area contributed by atoms with Crippen LogP contribution in [0.2, 0.25) is 0 Å². The zero-order chi connectivity index (χ0) is 15.7. The highest BCUT2D eigenvalue weighted by Gasteiger charge is 2.25. The molecule has 0 aliphatic rings. The molecule has 0 saturated heterocycles. The van der Waals surface area contributed by atoms with E-state index in [4.69, 9.17) is 10.5 Å². The predicted molar refractivity (Wildman–Crippen MR) is 68.2 cm³/mol. The first-order valence-corrected chi connectivity index (χ1v) is 6.16. The predicted octanol–water partition coefficient (Wildman–Crippen LogP) is -0.891. The van der Waals surface area contributed by atoms with Gasteiger partial charge in [-0.05, 0) is 13.3 Å². The SMILES string of the molecule is CCOC(=O)[C@@H](C)C[C@H](NC(=O)COC(C)=O)C(N)=O. The van der Waals surface area contributed by atoms with Crippen molar-refractivity contribution in [3.8, 4) is 0 Å². The lowest BCUT2D eigenvalue weighted by Gasteiger charge is -2.18. The molecular formula is C12H20N2O6. The number of amides is 2. The summed E-state index contributed by atoms with van der Waals surface area (Å²) in [5.41, 5.74) is 5.15. The number of carbonyl (C=O) groups excluding carboxylic acids is 4. The van der Waals surface area contributed by atoms with E-state index < -0.39 is 42.3 Å². The molecule has 0 unspecified atom stereocenters. The molecule has 0 fully saturated rings. The number of hydrogen-bond acceptors (Lipinski definition) is 6. The highest BCUT2D eigenvalue weighted by atomic mass is 16.5. The highest BCUT2D eigenvalue weighted by molar-refractivity contribution is 5.88. The van der Waals surface area contributed by atoms with Crippen LogP contribution >= 0.6 is 0 Å². The topological polar surface area (TPSA) is 125 Å². The molecule has 3 N–H and O–H groups in total. The van der Waals surface area contributed by atoms with Crippen LogP contribution in [0.5, 0.6) is 0 Å². The molecule has 0 rings (SSSR count). The molecule has 0 aromatic rings. The fraction of sp³-hybridized carbons (Fsp3) is 0.667. The fourth-order valence-corrected chi connectivity index (χ4v) is 1.38. The Balaban J connectivity index is 4.43. The zero-order valence-corrected chi connectivity index (χ0v) is 11.8. The van der Waals surface area contributed by atoms with Gasteiger partial charge in [0.05, 0.1) is 12.5 Å². The Morgan fingerprint density at radius 2 is 1.80 bits per heavy atom. The van der Waals surface area contributed by atoms with Crippen LogP contribution in [0.15, 0.2) is 0 Å². The first-order valence-electron chi connectivity index (χ1n) is 6.16. The summed E-state index contributed by atoms with van der Waals surface area (Å²) >= 11 is 0. The summed E-state index contributed by atoms with van der Waals surface area (Å²) in [6, 6.07) is -1.03. The number of carbonyl (C=O) groups is 4. The second-order valence-corrected chi connectivity index (χ2v) is 4.19. The van der Waals surface area contributed by atoms with Crippen molar-refractivity contribution in [1.82, 2.24) is 5.32 Å². The van der Waals surface area contributed by atoms with E-state index >= 15 is 0 Å². The van der Waals surface area contributed by atoms with Crippen LogP contribution in [0.4, 0.5) is 0 Å². The Bertz CT molecular complexity index is 382. The Morgan fingerprint density at radius 1 is 1.20 bits per heavy atom. The number of hydrogen-bond donors (Lipinski definition) is 2. The molecular weight excluding hydrogens is 268 g/mol. The summed E-state index contributed by atoms with van der Waals surface area (Å²) in [7, 11) is 0. The normalized spacial score (nSPS) is 12.9. The third-order valence-electron chi connectivity index (χ3n) is 2.36. The van der Waals surface area contributed by atoms with Gasteiger partial charge in [0, 0.05) is 6.92 Å². The van der Waals surface area contributed by atoms with Crippen LogP contribution in [-0.4, -0.2) is 43.0 Å². The second-order valence-electron chi connectivity index (χ2n) is 4.19. The lowest BCUT2D eigenvalue weighted by atomic mass is 10.0. The Morgan fingerprint density at radius 3 is 2.25 bits per heavy atom. The minimum atomic E-state index is -1.03. The average Bonchev–Trinajstić information content (AvgIpc) is 2.35. The maximum absolute atomic E-state index is 11.4. The van der Waals surface area contributed by atoms with Gasteiger partial charge in [-0.25, -0.2) is 0 Å². The standard InChI is InChI=1S/C12H20N2O6/c1-4-19-12(18)7(2)5-9(11(13)17)14-10(16)6-20-8(3)15/h7,9H,4-6H2,1-3H3,(H2,13,17)(H,14,16)/t7-,9-/m0/s1. The number of nitrogens with two attached hydrogens (primary N) is 1. The molecule has 0 aliphatic heterocycles. The summed E-state index contributed by atoms with van der Waals surface area (Å²) in [5, 5.41) is 2.30. The van der Waals surface area contributed by atoms with Gasteiger partial charge in [0.25, 0.3) is 5.91 Å². The van der Waals surface area contributed by atoms with Gasteiger partial charge in [-0.15, -0.1) is 0 Å². The molecule has 2 atom stereocenters. The van der Waals surface area contributed by atoms with Gasteiger partial charge < -0.3 is 20.5 Å². The summed E-state index contributed by atoms with van der Waals surface area (Å²) in [6.07, 6.45) is 0.0139. The first-order chi connectivity index (χ1) is 9.27. The molecule has 20 heavy (non-hydrogen) atoms. The minimum absolute atomic E-state index is 0.0139.